The number of carbonyl (C=O) groups is 2. The van der Waals surface area contributed by atoms with Gasteiger partial charge < -0.3 is 15.2 Å². The number of ether oxygens (including phenoxy) is 2. The third-order valence-corrected chi connectivity index (χ3v) is 5.49. The number of benzene rings is 2. The van der Waals surface area contributed by atoms with Gasteiger partial charge in [0.15, 0.2) is 0 Å². The van der Waals surface area contributed by atoms with E-state index in [1.165, 1.54) is 19.2 Å². The Morgan fingerprint density at radius 3 is 2.21 bits per heavy atom. The molecular formula is C20H24N2O6S. The molecule has 0 saturated heterocycles. The fourth-order valence-electron chi connectivity index (χ4n) is 2.57. The summed E-state index contributed by atoms with van der Waals surface area (Å²) in [6.45, 7) is 5.06. The van der Waals surface area contributed by atoms with E-state index >= 15 is 0 Å². The van der Waals surface area contributed by atoms with Crippen LogP contribution in [0.4, 0.5) is 0 Å². The largest absolute Gasteiger partial charge is 0.495 e. The topological polar surface area (TPSA) is 125 Å². The van der Waals surface area contributed by atoms with Crippen LogP contribution in [0, 0.1) is 0 Å². The van der Waals surface area contributed by atoms with Gasteiger partial charge in [-0.1, -0.05) is 30.3 Å². The van der Waals surface area contributed by atoms with E-state index in [2.05, 4.69) is 4.72 Å². The number of carbonyl (C=O) groups excluding carboxylic acids is 2. The van der Waals surface area contributed by atoms with Crippen molar-refractivity contribution in [2.24, 2.45) is 5.73 Å². The summed E-state index contributed by atoms with van der Waals surface area (Å²) >= 11 is 0. The molecule has 0 radical (unpaired) electrons. The molecule has 156 valence electrons. The van der Waals surface area contributed by atoms with Crippen LogP contribution >= 0.6 is 0 Å². The molecule has 29 heavy (non-hydrogen) atoms. The second kappa shape index (κ2) is 8.62. The number of sulfonamides is 1. The van der Waals surface area contributed by atoms with Gasteiger partial charge in [0.1, 0.15) is 10.6 Å². The Kier molecular flexibility index (Phi) is 6.66. The minimum atomic E-state index is -3.99. The highest BCUT2D eigenvalue weighted by Gasteiger charge is 2.28. The Labute approximate surface area is 170 Å². The standard InChI is InChI=1S/C20H24N2O6S/c1-20(2,3)22-29(25,26)16-12-14(10-11-15(16)27-4)19(24)28-17(18(21)23)13-8-6-5-7-9-13/h5-12,17,22H,1-4H3,(H2,21,23). The van der Waals surface area contributed by atoms with Gasteiger partial charge in [0.2, 0.25) is 16.1 Å². The fourth-order valence-corrected chi connectivity index (χ4v) is 4.18. The average Bonchev–Trinajstić information content (AvgIpc) is 2.64. The molecule has 8 nitrogen and oxygen atoms in total. The van der Waals surface area contributed by atoms with Crippen LogP contribution in [0.1, 0.15) is 42.8 Å². The maximum atomic E-state index is 12.7. The molecule has 1 amide bonds. The monoisotopic (exact) mass is 420 g/mol. The summed E-state index contributed by atoms with van der Waals surface area (Å²) in [4.78, 5) is 24.2. The fraction of sp³-hybridized carbons (Fsp3) is 0.300. The van der Waals surface area contributed by atoms with E-state index in [1.807, 2.05) is 0 Å². The van der Waals surface area contributed by atoms with E-state index in [4.69, 9.17) is 15.2 Å². The zero-order chi connectivity index (χ0) is 21.8. The minimum Gasteiger partial charge on any atom is -0.495 e. The van der Waals surface area contributed by atoms with E-state index in [9.17, 15) is 18.0 Å². The molecule has 0 heterocycles. The molecule has 0 aromatic heterocycles. The van der Waals surface area contributed by atoms with Crippen LogP contribution in [0.15, 0.2) is 53.4 Å². The highest BCUT2D eigenvalue weighted by molar-refractivity contribution is 7.89. The number of hydrogen-bond donors (Lipinski definition) is 2. The van der Waals surface area contributed by atoms with Crippen molar-refractivity contribution in [2.75, 3.05) is 7.11 Å². The molecule has 0 aliphatic rings. The lowest BCUT2D eigenvalue weighted by atomic mass is 10.1. The molecule has 3 N–H and O–H groups in total. The van der Waals surface area contributed by atoms with E-state index in [0.717, 1.165) is 6.07 Å². The first-order chi connectivity index (χ1) is 13.4. The Morgan fingerprint density at radius 2 is 1.69 bits per heavy atom. The van der Waals surface area contributed by atoms with Crippen molar-refractivity contribution in [1.82, 2.24) is 4.72 Å². The lowest BCUT2D eigenvalue weighted by molar-refractivity contribution is -0.127. The Bertz CT molecular complexity index is 997. The molecule has 1 unspecified atom stereocenters. The molecule has 0 aliphatic heterocycles. The molecule has 0 fully saturated rings. The van der Waals surface area contributed by atoms with Crippen LogP contribution < -0.4 is 15.2 Å². The highest BCUT2D eigenvalue weighted by atomic mass is 32.2. The van der Waals surface area contributed by atoms with Crippen LogP contribution in [-0.4, -0.2) is 32.9 Å². The van der Waals surface area contributed by atoms with Crippen molar-refractivity contribution in [1.29, 1.82) is 0 Å². The van der Waals surface area contributed by atoms with Gasteiger partial charge in [-0.25, -0.2) is 17.9 Å². The second-order valence-electron chi connectivity index (χ2n) is 7.32. The van der Waals surface area contributed by atoms with Gasteiger partial charge in [0.25, 0.3) is 5.91 Å². The first-order valence-corrected chi connectivity index (χ1v) is 10.2. The third-order valence-electron chi connectivity index (χ3n) is 3.72. The van der Waals surface area contributed by atoms with Gasteiger partial charge in [-0.3, -0.25) is 4.79 Å². The smallest absolute Gasteiger partial charge is 0.339 e. The quantitative estimate of drug-likeness (QED) is 0.661. The minimum absolute atomic E-state index is 0.0628. The second-order valence-corrected chi connectivity index (χ2v) is 8.97. The number of nitrogens with one attached hydrogen (secondary N) is 1. The lowest BCUT2D eigenvalue weighted by Crippen LogP contribution is -2.40. The van der Waals surface area contributed by atoms with E-state index < -0.39 is 33.5 Å². The molecule has 0 aliphatic carbocycles. The molecular weight excluding hydrogens is 396 g/mol. The molecule has 0 saturated carbocycles. The maximum Gasteiger partial charge on any atom is 0.339 e. The number of hydrogen-bond acceptors (Lipinski definition) is 6. The van der Waals surface area contributed by atoms with Gasteiger partial charge >= 0.3 is 5.97 Å². The van der Waals surface area contributed by atoms with Gasteiger partial charge in [-0.2, -0.15) is 0 Å². The van der Waals surface area contributed by atoms with Crippen LogP contribution in [0.3, 0.4) is 0 Å². The van der Waals surface area contributed by atoms with Crippen molar-refractivity contribution in [3.05, 3.63) is 59.7 Å². The molecule has 1 atom stereocenters. The molecule has 0 spiro atoms. The Hall–Kier alpha value is -2.91. The van der Waals surface area contributed by atoms with Gasteiger partial charge in [0.05, 0.1) is 12.7 Å². The van der Waals surface area contributed by atoms with Crippen molar-refractivity contribution >= 4 is 21.9 Å². The van der Waals surface area contributed by atoms with Crippen molar-refractivity contribution in [3.63, 3.8) is 0 Å². The van der Waals surface area contributed by atoms with Gasteiger partial charge in [-0.05, 0) is 39.0 Å². The first kappa shape index (κ1) is 22.4. The summed E-state index contributed by atoms with van der Waals surface area (Å²) in [6.07, 6.45) is -1.31. The lowest BCUT2D eigenvalue weighted by Gasteiger charge is -2.21. The zero-order valence-electron chi connectivity index (χ0n) is 16.6. The average molecular weight is 420 g/mol. The van der Waals surface area contributed by atoms with E-state index in [1.54, 1.807) is 51.1 Å². The number of rotatable bonds is 7. The summed E-state index contributed by atoms with van der Waals surface area (Å²) in [7, 11) is -2.67. The Morgan fingerprint density at radius 1 is 1.07 bits per heavy atom. The SMILES string of the molecule is COc1ccc(C(=O)OC(C(N)=O)c2ccccc2)cc1S(=O)(=O)NC(C)(C)C. The summed E-state index contributed by atoms with van der Waals surface area (Å²) < 4.78 is 38.4. The molecule has 2 aromatic carbocycles. The van der Waals surface area contributed by atoms with Crippen molar-refractivity contribution in [3.8, 4) is 5.75 Å². The Balaban J connectivity index is 2.40. The predicted octanol–water partition coefficient (Wildman–Crippen LogP) is 2.16. The summed E-state index contributed by atoms with van der Waals surface area (Å²) in [5, 5.41) is 0. The molecule has 2 rings (SSSR count). The van der Waals surface area contributed by atoms with Crippen LogP contribution in [0.25, 0.3) is 0 Å². The van der Waals surface area contributed by atoms with Crippen LogP contribution in [-0.2, 0) is 19.6 Å². The third kappa shape index (κ3) is 5.78. The normalized spacial score (nSPS) is 12.8. The zero-order valence-corrected chi connectivity index (χ0v) is 17.4. The summed E-state index contributed by atoms with van der Waals surface area (Å²) in [5.74, 6) is -1.68. The first-order valence-electron chi connectivity index (χ1n) is 8.72. The number of nitrogens with two attached hydrogens (primary N) is 1. The van der Waals surface area contributed by atoms with E-state index in [0.29, 0.717) is 5.56 Å². The number of esters is 1. The van der Waals surface area contributed by atoms with Crippen LogP contribution in [0.5, 0.6) is 5.75 Å². The van der Waals surface area contributed by atoms with Gasteiger partial charge in [0, 0.05) is 11.1 Å². The molecule has 2 aromatic rings. The summed E-state index contributed by atoms with van der Waals surface area (Å²) in [6, 6.07) is 12.1. The predicted molar refractivity (Wildman–Crippen MR) is 107 cm³/mol. The van der Waals surface area contributed by atoms with Crippen molar-refractivity contribution < 1.29 is 27.5 Å². The summed E-state index contributed by atoms with van der Waals surface area (Å²) in [5.41, 5.74) is 4.96. The number of methoxy groups -OCH3 is 1. The highest BCUT2D eigenvalue weighted by Crippen LogP contribution is 2.27. The maximum absolute atomic E-state index is 12.7. The van der Waals surface area contributed by atoms with E-state index in [-0.39, 0.29) is 16.2 Å². The van der Waals surface area contributed by atoms with Gasteiger partial charge in [-0.15, -0.1) is 0 Å². The number of primary amides is 1. The molecule has 0 bridgehead atoms. The molecule has 9 heteroatoms. The van der Waals surface area contributed by atoms with Crippen LogP contribution in [0.2, 0.25) is 0 Å². The number of amides is 1. The van der Waals surface area contributed by atoms with Crippen molar-refractivity contribution in [2.45, 2.75) is 37.3 Å².